The van der Waals surface area contributed by atoms with Gasteiger partial charge in [-0.15, -0.1) is 0 Å². The molecule has 0 amide bonds. The molecule has 0 aliphatic rings. The van der Waals surface area contributed by atoms with Crippen LogP contribution < -0.4 is 4.72 Å². The summed E-state index contributed by atoms with van der Waals surface area (Å²) in [5, 5.41) is 3.94. The Hall–Kier alpha value is -2.51. The molecular formula is C19H21N3O3S. The van der Waals surface area contributed by atoms with Crippen molar-refractivity contribution in [3.05, 3.63) is 71.1 Å². The van der Waals surface area contributed by atoms with E-state index in [2.05, 4.69) is 14.9 Å². The molecule has 0 saturated carbocycles. The van der Waals surface area contributed by atoms with Gasteiger partial charge in [-0.3, -0.25) is 0 Å². The molecule has 7 heteroatoms. The summed E-state index contributed by atoms with van der Waals surface area (Å²) in [4.78, 5) is 4.31. The van der Waals surface area contributed by atoms with Crippen LogP contribution in [0.2, 0.25) is 0 Å². The summed E-state index contributed by atoms with van der Waals surface area (Å²) in [5.41, 5.74) is 3.87. The molecule has 0 atom stereocenters. The molecule has 0 radical (unpaired) electrons. The second-order valence-electron chi connectivity index (χ2n) is 6.27. The Kier molecular flexibility index (Phi) is 5.49. The lowest BCUT2D eigenvalue weighted by Crippen LogP contribution is -2.27. The molecule has 2 aromatic carbocycles. The molecule has 0 bridgehead atoms. The number of nitrogens with zero attached hydrogens (tertiary/aromatic N) is 2. The molecule has 0 unspecified atom stereocenters. The number of rotatable bonds is 7. The minimum atomic E-state index is -3.41. The number of sulfonamides is 1. The Morgan fingerprint density at radius 3 is 2.23 bits per heavy atom. The van der Waals surface area contributed by atoms with E-state index in [0.29, 0.717) is 18.1 Å². The predicted octanol–water partition coefficient (Wildman–Crippen LogP) is 3.02. The van der Waals surface area contributed by atoms with E-state index in [-0.39, 0.29) is 12.3 Å². The first kappa shape index (κ1) is 18.3. The van der Waals surface area contributed by atoms with Crippen molar-refractivity contribution in [2.24, 2.45) is 0 Å². The van der Waals surface area contributed by atoms with Crippen LogP contribution in [0.5, 0.6) is 0 Å². The number of aryl methyl sites for hydroxylation is 2. The molecule has 0 fully saturated rings. The first-order chi connectivity index (χ1) is 12.4. The maximum Gasteiger partial charge on any atom is 0.228 e. The highest BCUT2D eigenvalue weighted by atomic mass is 32.2. The summed E-state index contributed by atoms with van der Waals surface area (Å²) in [6, 6.07) is 15.2. The summed E-state index contributed by atoms with van der Waals surface area (Å²) in [7, 11) is -3.41. The van der Waals surface area contributed by atoms with Crippen molar-refractivity contribution in [3.63, 3.8) is 0 Å². The van der Waals surface area contributed by atoms with E-state index in [1.165, 1.54) is 0 Å². The minimum absolute atomic E-state index is 0.0499. The lowest BCUT2D eigenvalue weighted by Gasteiger charge is -2.06. The Bertz CT molecular complexity index is 962. The summed E-state index contributed by atoms with van der Waals surface area (Å²) < 4.78 is 32.1. The van der Waals surface area contributed by atoms with Crippen LogP contribution in [0.3, 0.4) is 0 Å². The third-order valence-corrected chi connectivity index (χ3v) is 5.27. The van der Waals surface area contributed by atoms with E-state index in [0.717, 1.165) is 22.3 Å². The number of aromatic nitrogens is 2. The van der Waals surface area contributed by atoms with Gasteiger partial charge in [0.25, 0.3) is 0 Å². The smallest absolute Gasteiger partial charge is 0.228 e. The molecule has 0 saturated heterocycles. The van der Waals surface area contributed by atoms with Gasteiger partial charge in [-0.25, -0.2) is 13.1 Å². The van der Waals surface area contributed by atoms with Gasteiger partial charge in [-0.1, -0.05) is 64.8 Å². The van der Waals surface area contributed by atoms with Crippen molar-refractivity contribution in [3.8, 4) is 11.4 Å². The van der Waals surface area contributed by atoms with Crippen molar-refractivity contribution < 1.29 is 12.9 Å². The molecular weight excluding hydrogens is 350 g/mol. The number of benzene rings is 2. The summed E-state index contributed by atoms with van der Waals surface area (Å²) >= 11 is 0. The number of nitrogens with one attached hydrogen (secondary N) is 1. The van der Waals surface area contributed by atoms with Crippen molar-refractivity contribution in [1.29, 1.82) is 0 Å². The zero-order valence-electron chi connectivity index (χ0n) is 14.8. The van der Waals surface area contributed by atoms with Gasteiger partial charge in [-0.2, -0.15) is 4.98 Å². The van der Waals surface area contributed by atoms with Crippen LogP contribution in [0.15, 0.2) is 53.1 Å². The molecule has 6 nitrogen and oxygen atoms in total. The van der Waals surface area contributed by atoms with Crippen molar-refractivity contribution in [2.75, 3.05) is 6.54 Å². The third-order valence-electron chi connectivity index (χ3n) is 3.92. The quantitative estimate of drug-likeness (QED) is 0.690. The summed E-state index contributed by atoms with van der Waals surface area (Å²) in [5.74, 6) is 0.854. The van der Waals surface area contributed by atoms with Crippen molar-refractivity contribution in [2.45, 2.75) is 26.0 Å². The van der Waals surface area contributed by atoms with Crippen LogP contribution in [0.1, 0.15) is 22.6 Å². The van der Waals surface area contributed by atoms with Gasteiger partial charge in [0.2, 0.25) is 21.7 Å². The van der Waals surface area contributed by atoms with E-state index < -0.39 is 10.0 Å². The normalized spacial score (nSPS) is 11.6. The average molecular weight is 371 g/mol. The SMILES string of the molecule is Cc1ccc(CS(=O)(=O)NCCc2nc(-c3ccc(C)cc3)no2)cc1. The van der Waals surface area contributed by atoms with Gasteiger partial charge in [0.05, 0.1) is 5.75 Å². The number of hydrogen-bond donors (Lipinski definition) is 1. The van der Waals surface area contributed by atoms with Gasteiger partial charge < -0.3 is 4.52 Å². The van der Waals surface area contributed by atoms with Crippen LogP contribution in [-0.4, -0.2) is 25.1 Å². The molecule has 3 rings (SSSR count). The van der Waals surface area contributed by atoms with Crippen LogP contribution in [0.25, 0.3) is 11.4 Å². The monoisotopic (exact) mass is 371 g/mol. The first-order valence-corrected chi connectivity index (χ1v) is 9.99. The molecule has 26 heavy (non-hydrogen) atoms. The lowest BCUT2D eigenvalue weighted by atomic mass is 10.1. The second kappa shape index (κ2) is 7.80. The fourth-order valence-electron chi connectivity index (χ4n) is 2.44. The standard InChI is InChI=1S/C19H21N3O3S/c1-14-3-7-16(8-4-14)13-26(23,24)20-12-11-18-21-19(22-25-18)17-9-5-15(2)6-10-17/h3-10,20H,11-13H2,1-2H3. The average Bonchev–Trinajstić information content (AvgIpc) is 3.06. The second-order valence-corrected chi connectivity index (χ2v) is 8.07. The van der Waals surface area contributed by atoms with Crippen LogP contribution >= 0.6 is 0 Å². The van der Waals surface area contributed by atoms with Gasteiger partial charge in [-0.05, 0) is 19.4 Å². The van der Waals surface area contributed by atoms with E-state index in [4.69, 9.17) is 4.52 Å². The van der Waals surface area contributed by atoms with Gasteiger partial charge in [0.15, 0.2) is 0 Å². The maximum absolute atomic E-state index is 12.2. The number of hydrogen-bond acceptors (Lipinski definition) is 5. The van der Waals surface area contributed by atoms with Crippen molar-refractivity contribution in [1.82, 2.24) is 14.9 Å². The highest BCUT2D eigenvalue weighted by Crippen LogP contribution is 2.16. The van der Waals surface area contributed by atoms with Crippen LogP contribution in [-0.2, 0) is 22.2 Å². The van der Waals surface area contributed by atoms with E-state index >= 15 is 0 Å². The lowest BCUT2D eigenvalue weighted by molar-refractivity contribution is 0.379. The minimum Gasteiger partial charge on any atom is -0.339 e. The van der Waals surface area contributed by atoms with Crippen LogP contribution in [0.4, 0.5) is 0 Å². The zero-order chi connectivity index (χ0) is 18.6. The Labute approximate surface area is 153 Å². The van der Waals surface area contributed by atoms with Crippen LogP contribution in [0, 0.1) is 13.8 Å². The fourth-order valence-corrected chi connectivity index (χ4v) is 3.59. The third kappa shape index (κ3) is 5.00. The Balaban J connectivity index is 1.54. The molecule has 1 aromatic heterocycles. The Morgan fingerprint density at radius 2 is 1.58 bits per heavy atom. The molecule has 136 valence electrons. The highest BCUT2D eigenvalue weighted by Gasteiger charge is 2.13. The molecule has 1 N–H and O–H groups in total. The predicted molar refractivity (Wildman–Crippen MR) is 100.0 cm³/mol. The van der Waals surface area contributed by atoms with E-state index in [1.54, 1.807) is 0 Å². The topological polar surface area (TPSA) is 85.1 Å². The Morgan fingerprint density at radius 1 is 0.962 bits per heavy atom. The maximum atomic E-state index is 12.2. The van der Waals surface area contributed by atoms with E-state index in [1.807, 2.05) is 62.4 Å². The first-order valence-electron chi connectivity index (χ1n) is 8.34. The molecule has 0 aliphatic heterocycles. The molecule has 3 aromatic rings. The molecule has 0 aliphatic carbocycles. The van der Waals surface area contributed by atoms with Gasteiger partial charge >= 0.3 is 0 Å². The van der Waals surface area contributed by atoms with Gasteiger partial charge in [0, 0.05) is 18.5 Å². The summed E-state index contributed by atoms with van der Waals surface area (Å²) in [6.07, 6.45) is 0.339. The fraction of sp³-hybridized carbons (Fsp3) is 0.263. The van der Waals surface area contributed by atoms with Crippen molar-refractivity contribution >= 4 is 10.0 Å². The largest absolute Gasteiger partial charge is 0.339 e. The summed E-state index contributed by atoms with van der Waals surface area (Å²) in [6.45, 7) is 4.18. The molecule has 0 spiro atoms. The zero-order valence-corrected chi connectivity index (χ0v) is 15.6. The van der Waals surface area contributed by atoms with E-state index in [9.17, 15) is 8.42 Å². The molecule has 1 heterocycles. The van der Waals surface area contributed by atoms with Gasteiger partial charge in [0.1, 0.15) is 0 Å². The highest BCUT2D eigenvalue weighted by molar-refractivity contribution is 7.88.